The molecule has 1 unspecified atom stereocenters. The molecule has 16 heavy (non-hydrogen) atoms. The fraction of sp³-hybridized carbons (Fsp3) is 0.692. The van der Waals surface area contributed by atoms with Gasteiger partial charge in [0.05, 0.1) is 0 Å². The molecular formula is C13H21NO2. The Morgan fingerprint density at radius 1 is 1.12 bits per heavy atom. The Morgan fingerprint density at radius 2 is 1.75 bits per heavy atom. The second kappa shape index (κ2) is 4.60. The van der Waals surface area contributed by atoms with Crippen LogP contribution in [-0.4, -0.2) is 13.2 Å². The molecule has 90 valence electrons. The van der Waals surface area contributed by atoms with E-state index in [-0.39, 0.29) is 6.04 Å². The van der Waals surface area contributed by atoms with Gasteiger partial charge in [0.1, 0.15) is 11.5 Å². The lowest BCUT2D eigenvalue weighted by molar-refractivity contribution is 0.0581. The fourth-order valence-corrected chi connectivity index (χ4v) is 2.61. The number of aryl methyl sites for hydroxylation is 2. The molecule has 1 aromatic rings. The highest BCUT2D eigenvalue weighted by atomic mass is 16.5. The van der Waals surface area contributed by atoms with Gasteiger partial charge in [0.25, 0.3) is 0 Å². The minimum Gasteiger partial charge on any atom is -0.466 e. The summed E-state index contributed by atoms with van der Waals surface area (Å²) in [5.41, 5.74) is 8.80. The van der Waals surface area contributed by atoms with Gasteiger partial charge in [-0.3, -0.25) is 0 Å². The number of ether oxygens (including phenoxy) is 1. The maximum atomic E-state index is 6.37. The smallest absolute Gasteiger partial charge is 0.106 e. The second-order valence-corrected chi connectivity index (χ2v) is 4.73. The standard InChI is InChI=1S/C13H21NO2/c1-8-9(2)16-10(3)12(8)13(14)11-4-6-15-7-5-11/h11,13H,4-7,14H2,1-3H3. The Hall–Kier alpha value is -0.800. The maximum Gasteiger partial charge on any atom is 0.106 e. The number of furan rings is 1. The Bertz CT molecular complexity index is 364. The van der Waals surface area contributed by atoms with Crippen molar-refractivity contribution in [3.05, 3.63) is 22.6 Å². The Labute approximate surface area is 97.0 Å². The van der Waals surface area contributed by atoms with E-state index < -0.39 is 0 Å². The molecule has 0 saturated carbocycles. The highest BCUT2D eigenvalue weighted by Crippen LogP contribution is 2.34. The molecule has 2 rings (SSSR count). The number of hydrogen-bond acceptors (Lipinski definition) is 3. The molecule has 1 fully saturated rings. The molecule has 0 radical (unpaired) electrons. The van der Waals surface area contributed by atoms with Gasteiger partial charge in [-0.25, -0.2) is 0 Å². The van der Waals surface area contributed by atoms with Crippen LogP contribution in [0.4, 0.5) is 0 Å². The molecule has 0 aromatic carbocycles. The molecule has 1 atom stereocenters. The Balaban J connectivity index is 2.22. The van der Waals surface area contributed by atoms with Gasteiger partial charge >= 0.3 is 0 Å². The van der Waals surface area contributed by atoms with Crippen molar-refractivity contribution in [1.29, 1.82) is 0 Å². The van der Waals surface area contributed by atoms with Crippen LogP contribution in [0.1, 0.15) is 41.5 Å². The molecular weight excluding hydrogens is 202 g/mol. The molecule has 0 spiro atoms. The lowest BCUT2D eigenvalue weighted by Gasteiger charge is -2.28. The molecule has 2 heterocycles. The average molecular weight is 223 g/mol. The predicted molar refractivity (Wildman–Crippen MR) is 63.4 cm³/mol. The van der Waals surface area contributed by atoms with Crippen LogP contribution in [0.5, 0.6) is 0 Å². The largest absolute Gasteiger partial charge is 0.466 e. The van der Waals surface area contributed by atoms with E-state index in [1.54, 1.807) is 0 Å². The van der Waals surface area contributed by atoms with Gasteiger partial charge < -0.3 is 14.9 Å². The van der Waals surface area contributed by atoms with E-state index in [2.05, 4.69) is 6.92 Å². The first kappa shape index (κ1) is 11.7. The topological polar surface area (TPSA) is 48.4 Å². The minimum atomic E-state index is 0.0985. The van der Waals surface area contributed by atoms with E-state index in [9.17, 15) is 0 Å². The van der Waals surface area contributed by atoms with Gasteiger partial charge in [-0.1, -0.05) is 0 Å². The summed E-state index contributed by atoms with van der Waals surface area (Å²) < 4.78 is 11.0. The van der Waals surface area contributed by atoms with Crippen LogP contribution in [0.3, 0.4) is 0 Å². The molecule has 0 bridgehead atoms. The maximum absolute atomic E-state index is 6.37. The quantitative estimate of drug-likeness (QED) is 0.838. The second-order valence-electron chi connectivity index (χ2n) is 4.73. The van der Waals surface area contributed by atoms with Gasteiger partial charge in [0.2, 0.25) is 0 Å². The van der Waals surface area contributed by atoms with Crippen molar-refractivity contribution < 1.29 is 9.15 Å². The Morgan fingerprint density at radius 3 is 2.25 bits per heavy atom. The van der Waals surface area contributed by atoms with Gasteiger partial charge in [0, 0.05) is 24.8 Å². The third kappa shape index (κ3) is 2.02. The molecule has 2 N–H and O–H groups in total. The summed E-state index contributed by atoms with van der Waals surface area (Å²) in [4.78, 5) is 0. The van der Waals surface area contributed by atoms with Crippen LogP contribution in [0.15, 0.2) is 4.42 Å². The number of hydrogen-bond donors (Lipinski definition) is 1. The van der Waals surface area contributed by atoms with Crippen LogP contribution in [0.2, 0.25) is 0 Å². The molecule has 1 aromatic heterocycles. The van der Waals surface area contributed by atoms with Gasteiger partial charge in [0.15, 0.2) is 0 Å². The highest BCUT2D eigenvalue weighted by Gasteiger charge is 2.26. The Kier molecular flexibility index (Phi) is 3.36. The van der Waals surface area contributed by atoms with Crippen LogP contribution in [0, 0.1) is 26.7 Å². The monoisotopic (exact) mass is 223 g/mol. The van der Waals surface area contributed by atoms with E-state index in [1.807, 2.05) is 13.8 Å². The SMILES string of the molecule is Cc1oc(C)c(C(N)C2CCOCC2)c1C. The van der Waals surface area contributed by atoms with E-state index in [0.29, 0.717) is 5.92 Å². The van der Waals surface area contributed by atoms with Gasteiger partial charge in [-0.2, -0.15) is 0 Å². The summed E-state index contributed by atoms with van der Waals surface area (Å²) >= 11 is 0. The molecule has 3 heteroatoms. The van der Waals surface area contributed by atoms with Crippen molar-refractivity contribution in [2.75, 3.05) is 13.2 Å². The summed E-state index contributed by atoms with van der Waals surface area (Å²) in [6.07, 6.45) is 2.12. The summed E-state index contributed by atoms with van der Waals surface area (Å²) in [5.74, 6) is 2.51. The van der Waals surface area contributed by atoms with Crippen molar-refractivity contribution in [2.24, 2.45) is 11.7 Å². The van der Waals surface area contributed by atoms with E-state index >= 15 is 0 Å². The highest BCUT2D eigenvalue weighted by molar-refractivity contribution is 5.34. The molecule has 3 nitrogen and oxygen atoms in total. The molecule has 1 saturated heterocycles. The first-order chi connectivity index (χ1) is 7.61. The molecule has 0 aliphatic carbocycles. The summed E-state index contributed by atoms with van der Waals surface area (Å²) in [6, 6.07) is 0.0985. The predicted octanol–water partition coefficient (Wildman–Crippen LogP) is 2.63. The third-order valence-corrected chi connectivity index (χ3v) is 3.72. The zero-order chi connectivity index (χ0) is 11.7. The number of rotatable bonds is 2. The lowest BCUT2D eigenvalue weighted by atomic mass is 9.86. The normalized spacial score (nSPS) is 20.0. The minimum absolute atomic E-state index is 0.0985. The van der Waals surface area contributed by atoms with E-state index in [1.165, 1.54) is 11.1 Å². The van der Waals surface area contributed by atoms with Crippen molar-refractivity contribution >= 4 is 0 Å². The lowest BCUT2D eigenvalue weighted by Crippen LogP contribution is -2.28. The molecule has 1 aliphatic heterocycles. The van der Waals surface area contributed by atoms with Crippen LogP contribution in [0.25, 0.3) is 0 Å². The average Bonchev–Trinajstić information content (AvgIpc) is 2.54. The van der Waals surface area contributed by atoms with Gasteiger partial charge in [-0.05, 0) is 45.1 Å². The van der Waals surface area contributed by atoms with Crippen LogP contribution < -0.4 is 5.73 Å². The van der Waals surface area contributed by atoms with Crippen molar-refractivity contribution in [1.82, 2.24) is 0 Å². The van der Waals surface area contributed by atoms with E-state index in [4.69, 9.17) is 14.9 Å². The first-order valence-electron chi connectivity index (χ1n) is 6.01. The van der Waals surface area contributed by atoms with Gasteiger partial charge in [-0.15, -0.1) is 0 Å². The number of nitrogens with two attached hydrogens (primary N) is 1. The summed E-state index contributed by atoms with van der Waals surface area (Å²) in [6.45, 7) is 7.79. The first-order valence-corrected chi connectivity index (χ1v) is 6.01. The summed E-state index contributed by atoms with van der Waals surface area (Å²) in [7, 11) is 0. The van der Waals surface area contributed by atoms with E-state index in [0.717, 1.165) is 37.6 Å². The zero-order valence-electron chi connectivity index (χ0n) is 10.4. The van der Waals surface area contributed by atoms with Crippen molar-refractivity contribution in [3.8, 4) is 0 Å². The fourth-order valence-electron chi connectivity index (χ4n) is 2.61. The molecule has 0 amide bonds. The summed E-state index contributed by atoms with van der Waals surface area (Å²) in [5, 5.41) is 0. The third-order valence-electron chi connectivity index (χ3n) is 3.72. The van der Waals surface area contributed by atoms with Crippen LogP contribution in [-0.2, 0) is 4.74 Å². The zero-order valence-corrected chi connectivity index (χ0v) is 10.4. The molecule has 1 aliphatic rings. The van der Waals surface area contributed by atoms with Crippen LogP contribution >= 0.6 is 0 Å². The van der Waals surface area contributed by atoms with Crippen molar-refractivity contribution in [3.63, 3.8) is 0 Å². The van der Waals surface area contributed by atoms with Crippen molar-refractivity contribution in [2.45, 2.75) is 39.7 Å².